The van der Waals surface area contributed by atoms with Crippen molar-refractivity contribution >= 4 is 6.09 Å². The van der Waals surface area contributed by atoms with Crippen LogP contribution >= 0.6 is 0 Å². The van der Waals surface area contributed by atoms with Crippen LogP contribution in [0.3, 0.4) is 0 Å². The van der Waals surface area contributed by atoms with Crippen LogP contribution in [0.5, 0.6) is 0 Å². The fourth-order valence-corrected chi connectivity index (χ4v) is 3.39. The third-order valence-corrected chi connectivity index (χ3v) is 5.37. The lowest BCUT2D eigenvalue weighted by atomic mass is 9.71. The molecule has 1 fully saturated rings. The molecule has 7 heteroatoms. The van der Waals surface area contributed by atoms with Crippen LogP contribution in [-0.4, -0.2) is 37.3 Å². The second kappa shape index (κ2) is 6.35. The van der Waals surface area contributed by atoms with Crippen LogP contribution in [0.15, 0.2) is 6.20 Å². The van der Waals surface area contributed by atoms with Crippen molar-refractivity contribution in [3.05, 3.63) is 11.9 Å². The van der Waals surface area contributed by atoms with Gasteiger partial charge in [0.15, 0.2) is 0 Å². The smallest absolute Gasteiger partial charge is 0.408 e. The van der Waals surface area contributed by atoms with Gasteiger partial charge in [-0.05, 0) is 51.9 Å². The van der Waals surface area contributed by atoms with Gasteiger partial charge in [0.2, 0.25) is 0 Å². The van der Waals surface area contributed by atoms with Crippen molar-refractivity contribution in [2.75, 3.05) is 0 Å². The summed E-state index contributed by atoms with van der Waals surface area (Å²) >= 11 is 0. The maximum atomic E-state index is 12.2. The van der Waals surface area contributed by atoms with E-state index in [0.29, 0.717) is 18.2 Å². The molecule has 2 N–H and O–H groups in total. The molecule has 0 bridgehead atoms. The Morgan fingerprint density at radius 2 is 2.12 bits per heavy atom. The average Bonchev–Trinajstić information content (AvgIpc) is 2.95. The highest BCUT2D eigenvalue weighted by Crippen LogP contribution is 2.50. The lowest BCUT2D eigenvalue weighted by Gasteiger charge is -2.42. The first-order chi connectivity index (χ1) is 11.0. The standard InChI is InChI=1S/C17H30N4O3/c1-15(2,3)24-14(23)18-17(6)8-7-12(16(17,4)5)9-21-10-13(11-22)19-20-21/h10,12,22H,7-9,11H2,1-6H3,(H,18,23)/t12-,17-/m1/s1. The number of hydrogen-bond donors (Lipinski definition) is 2. The molecule has 7 nitrogen and oxygen atoms in total. The van der Waals surface area contributed by atoms with Gasteiger partial charge in [0, 0.05) is 12.1 Å². The monoisotopic (exact) mass is 338 g/mol. The van der Waals surface area contributed by atoms with E-state index >= 15 is 0 Å². The van der Waals surface area contributed by atoms with Crippen LogP contribution in [0.2, 0.25) is 0 Å². The lowest BCUT2D eigenvalue weighted by molar-refractivity contribution is 0.0339. The zero-order valence-corrected chi connectivity index (χ0v) is 15.6. The number of ether oxygens (including phenoxy) is 1. The molecule has 1 heterocycles. The molecule has 0 saturated heterocycles. The molecule has 0 aromatic carbocycles. The van der Waals surface area contributed by atoms with Crippen LogP contribution in [0.25, 0.3) is 0 Å². The summed E-state index contributed by atoms with van der Waals surface area (Å²) in [5.74, 6) is 0.339. The Hall–Kier alpha value is -1.63. The van der Waals surface area contributed by atoms with Crippen LogP contribution in [0.4, 0.5) is 4.79 Å². The minimum absolute atomic E-state index is 0.105. The average molecular weight is 338 g/mol. The number of aliphatic hydroxyl groups excluding tert-OH is 1. The first-order valence-electron chi connectivity index (χ1n) is 8.48. The van der Waals surface area contributed by atoms with Crippen molar-refractivity contribution in [3.63, 3.8) is 0 Å². The predicted octanol–water partition coefficient (Wildman–Crippen LogP) is 2.49. The maximum absolute atomic E-state index is 12.2. The van der Waals surface area contributed by atoms with Gasteiger partial charge >= 0.3 is 6.09 Å². The number of rotatable bonds is 4. The van der Waals surface area contributed by atoms with Gasteiger partial charge in [-0.25, -0.2) is 4.79 Å². The summed E-state index contributed by atoms with van der Waals surface area (Å²) in [6, 6.07) is 0. The zero-order chi connectivity index (χ0) is 18.2. The molecule has 1 aliphatic carbocycles. The number of carbonyl (C=O) groups excluding carboxylic acids is 1. The molecule has 0 aliphatic heterocycles. The number of aliphatic hydroxyl groups is 1. The number of hydrogen-bond acceptors (Lipinski definition) is 5. The minimum Gasteiger partial charge on any atom is -0.444 e. The topological polar surface area (TPSA) is 89.3 Å². The van der Waals surface area contributed by atoms with Gasteiger partial charge in [-0.3, -0.25) is 4.68 Å². The van der Waals surface area contributed by atoms with E-state index in [1.807, 2.05) is 20.8 Å². The Kier molecular flexibility index (Phi) is 4.95. The van der Waals surface area contributed by atoms with Gasteiger partial charge in [-0.15, -0.1) is 5.10 Å². The number of nitrogens with zero attached hydrogens (tertiary/aromatic N) is 3. The molecular weight excluding hydrogens is 308 g/mol. The van der Waals surface area contributed by atoms with Crippen molar-refractivity contribution < 1.29 is 14.6 Å². The van der Waals surface area contributed by atoms with E-state index in [1.165, 1.54) is 0 Å². The molecular formula is C17H30N4O3. The number of amides is 1. The lowest BCUT2D eigenvalue weighted by Crippen LogP contribution is -2.55. The number of carbonyl (C=O) groups is 1. The van der Waals surface area contributed by atoms with Gasteiger partial charge in [0.05, 0.1) is 12.8 Å². The van der Waals surface area contributed by atoms with E-state index in [-0.39, 0.29) is 23.7 Å². The highest BCUT2D eigenvalue weighted by atomic mass is 16.6. The molecule has 1 saturated carbocycles. The third kappa shape index (κ3) is 3.88. The molecule has 1 amide bonds. The van der Waals surface area contributed by atoms with E-state index in [0.717, 1.165) is 12.8 Å². The van der Waals surface area contributed by atoms with E-state index in [9.17, 15) is 4.79 Å². The molecule has 2 rings (SSSR count). The van der Waals surface area contributed by atoms with Gasteiger partial charge in [-0.1, -0.05) is 19.1 Å². The minimum atomic E-state index is -0.510. The van der Waals surface area contributed by atoms with Gasteiger partial charge in [0.1, 0.15) is 11.3 Å². The van der Waals surface area contributed by atoms with Crippen LogP contribution in [0.1, 0.15) is 60.1 Å². The molecule has 0 spiro atoms. The molecule has 0 unspecified atom stereocenters. The van der Waals surface area contributed by atoms with E-state index in [1.54, 1.807) is 10.9 Å². The largest absolute Gasteiger partial charge is 0.444 e. The summed E-state index contributed by atoms with van der Waals surface area (Å²) in [5.41, 5.74) is -0.417. The molecule has 0 radical (unpaired) electrons. The first-order valence-corrected chi connectivity index (χ1v) is 8.48. The van der Waals surface area contributed by atoms with Crippen LogP contribution in [0, 0.1) is 11.3 Å². The van der Waals surface area contributed by atoms with Crippen LogP contribution in [-0.2, 0) is 17.9 Å². The fourth-order valence-electron chi connectivity index (χ4n) is 3.39. The molecule has 136 valence electrons. The SMILES string of the molecule is CC(C)(C)OC(=O)N[C@]1(C)CC[C@H](Cn2cc(CO)nn2)C1(C)C. The Labute approximate surface area is 143 Å². The molecule has 1 aromatic rings. The highest BCUT2D eigenvalue weighted by Gasteiger charge is 2.52. The summed E-state index contributed by atoms with van der Waals surface area (Å²) in [7, 11) is 0. The van der Waals surface area contributed by atoms with Crippen LogP contribution < -0.4 is 5.32 Å². The van der Waals surface area contributed by atoms with E-state index in [4.69, 9.17) is 9.84 Å². The van der Waals surface area contributed by atoms with Crippen molar-refractivity contribution in [1.29, 1.82) is 0 Å². The summed E-state index contributed by atoms with van der Waals surface area (Å²) < 4.78 is 7.20. The van der Waals surface area contributed by atoms with Gasteiger partial charge < -0.3 is 15.2 Å². The van der Waals surface area contributed by atoms with Crippen molar-refractivity contribution in [3.8, 4) is 0 Å². The van der Waals surface area contributed by atoms with E-state index < -0.39 is 5.60 Å². The predicted molar refractivity (Wildman–Crippen MR) is 90.2 cm³/mol. The summed E-state index contributed by atoms with van der Waals surface area (Å²) in [6.07, 6.45) is 3.26. The Morgan fingerprint density at radius 3 is 2.67 bits per heavy atom. The van der Waals surface area contributed by atoms with Crippen molar-refractivity contribution in [2.24, 2.45) is 11.3 Å². The van der Waals surface area contributed by atoms with Crippen molar-refractivity contribution in [2.45, 2.75) is 78.7 Å². The molecule has 2 atom stereocenters. The zero-order valence-electron chi connectivity index (χ0n) is 15.6. The second-order valence-electron chi connectivity index (χ2n) is 8.51. The normalized spacial score (nSPS) is 26.4. The first kappa shape index (κ1) is 18.7. The summed E-state index contributed by atoms with van der Waals surface area (Å²) in [4.78, 5) is 12.2. The Balaban J connectivity index is 2.06. The van der Waals surface area contributed by atoms with Gasteiger partial charge in [0.25, 0.3) is 0 Å². The number of nitrogens with one attached hydrogen (secondary N) is 1. The highest BCUT2D eigenvalue weighted by molar-refractivity contribution is 5.69. The molecule has 1 aliphatic rings. The number of aromatic nitrogens is 3. The Bertz CT molecular complexity index is 591. The maximum Gasteiger partial charge on any atom is 0.408 e. The summed E-state index contributed by atoms with van der Waals surface area (Å²) in [5, 5.41) is 20.2. The quantitative estimate of drug-likeness (QED) is 0.880. The Morgan fingerprint density at radius 1 is 1.46 bits per heavy atom. The third-order valence-electron chi connectivity index (χ3n) is 5.37. The van der Waals surface area contributed by atoms with Gasteiger partial charge in [-0.2, -0.15) is 0 Å². The fraction of sp³-hybridized carbons (Fsp3) is 0.824. The molecule has 24 heavy (non-hydrogen) atoms. The number of alkyl carbamates (subject to hydrolysis) is 1. The molecule has 1 aromatic heterocycles. The summed E-state index contributed by atoms with van der Waals surface area (Å²) in [6.45, 7) is 12.6. The second-order valence-corrected chi connectivity index (χ2v) is 8.51. The van der Waals surface area contributed by atoms with E-state index in [2.05, 4.69) is 36.4 Å². The van der Waals surface area contributed by atoms with Crippen molar-refractivity contribution in [1.82, 2.24) is 20.3 Å².